The first-order valence-electron chi connectivity index (χ1n) is 11.1. The number of aromatic nitrogens is 1. The Morgan fingerprint density at radius 3 is 2.77 bits per heavy atom. The Morgan fingerprint density at radius 2 is 2.07 bits per heavy atom. The van der Waals surface area contributed by atoms with E-state index < -0.39 is 0 Å². The van der Waals surface area contributed by atoms with E-state index in [4.69, 9.17) is 10.7 Å². The molecule has 1 atom stereocenters. The minimum atomic E-state index is -0.217. The average Bonchev–Trinajstić information content (AvgIpc) is 2.74. The van der Waals surface area contributed by atoms with Crippen LogP contribution in [0.25, 0.3) is 0 Å². The number of guanidine groups is 1. The maximum atomic E-state index is 11.6. The molecule has 0 spiro atoms. The van der Waals surface area contributed by atoms with Crippen LogP contribution in [0, 0.1) is 11.8 Å². The third kappa shape index (κ3) is 6.99. The molecule has 1 saturated carbocycles. The molecule has 30 heavy (non-hydrogen) atoms. The van der Waals surface area contributed by atoms with Crippen molar-refractivity contribution >= 4 is 41.7 Å². The van der Waals surface area contributed by atoms with Crippen LogP contribution in [0.5, 0.6) is 0 Å². The van der Waals surface area contributed by atoms with Crippen LogP contribution in [0.1, 0.15) is 57.9 Å². The molecule has 1 unspecified atom stereocenters. The molecule has 2 aliphatic rings. The van der Waals surface area contributed by atoms with Gasteiger partial charge < -0.3 is 21.3 Å². The number of nitrogens with one attached hydrogen (secondary N) is 2. The van der Waals surface area contributed by atoms with Crippen LogP contribution in [0.4, 0.5) is 5.82 Å². The molecule has 2 heterocycles. The van der Waals surface area contributed by atoms with Crippen molar-refractivity contribution in [1.82, 2.24) is 15.6 Å². The van der Waals surface area contributed by atoms with Gasteiger partial charge >= 0.3 is 0 Å². The van der Waals surface area contributed by atoms with Crippen LogP contribution < -0.4 is 21.3 Å². The molecule has 0 bridgehead atoms. The summed E-state index contributed by atoms with van der Waals surface area (Å²) in [6.45, 7) is 7.36. The molecule has 1 amide bonds. The van der Waals surface area contributed by atoms with Gasteiger partial charge in [0.2, 0.25) is 5.91 Å². The molecule has 1 aromatic heterocycles. The van der Waals surface area contributed by atoms with Gasteiger partial charge in [-0.2, -0.15) is 0 Å². The van der Waals surface area contributed by atoms with Crippen LogP contribution in [0.3, 0.4) is 0 Å². The van der Waals surface area contributed by atoms with Crippen LogP contribution in [0.2, 0.25) is 0 Å². The second-order valence-electron chi connectivity index (χ2n) is 8.47. The molecule has 0 aromatic carbocycles. The van der Waals surface area contributed by atoms with Crippen molar-refractivity contribution in [2.75, 3.05) is 24.5 Å². The lowest BCUT2D eigenvalue weighted by Gasteiger charge is -2.33. The highest BCUT2D eigenvalue weighted by atomic mass is 127. The van der Waals surface area contributed by atoms with Crippen molar-refractivity contribution in [2.45, 2.75) is 65.0 Å². The van der Waals surface area contributed by atoms with Crippen LogP contribution in [-0.2, 0) is 11.3 Å². The highest BCUT2D eigenvalue weighted by Crippen LogP contribution is 2.25. The van der Waals surface area contributed by atoms with Gasteiger partial charge in [0, 0.05) is 37.4 Å². The Bertz CT molecular complexity index is 705. The number of nitrogens with zero attached hydrogens (tertiary/aromatic N) is 3. The lowest BCUT2D eigenvalue weighted by Crippen LogP contribution is -2.44. The number of hydrogen-bond acceptors (Lipinski definition) is 4. The van der Waals surface area contributed by atoms with E-state index in [-0.39, 0.29) is 35.8 Å². The predicted octanol–water partition coefficient (Wildman–Crippen LogP) is 3.04. The standard InChI is InChI=1S/C22H36N6O.HI/c1-3-24-22(27-19-10-8-16(2)9-11-19)26-14-17-6-4-12-25-21(17)28-13-5-7-18(15-28)20(23)29;/h4,6,12,16,18-19H,3,5,7-11,13-15H2,1-2H3,(H2,23,29)(H2,24,26,27);1H. The Morgan fingerprint density at radius 1 is 1.30 bits per heavy atom. The number of amides is 1. The normalized spacial score (nSPS) is 24.7. The van der Waals surface area contributed by atoms with Gasteiger partial charge in [-0.3, -0.25) is 4.79 Å². The van der Waals surface area contributed by atoms with Gasteiger partial charge in [-0.15, -0.1) is 24.0 Å². The zero-order valence-corrected chi connectivity index (χ0v) is 20.6. The predicted molar refractivity (Wildman–Crippen MR) is 133 cm³/mol. The second kappa shape index (κ2) is 12.3. The van der Waals surface area contributed by atoms with Crippen LogP contribution >= 0.6 is 24.0 Å². The number of halogens is 1. The van der Waals surface area contributed by atoms with E-state index in [1.807, 2.05) is 12.3 Å². The highest BCUT2D eigenvalue weighted by Gasteiger charge is 2.26. The van der Waals surface area contributed by atoms with Crippen molar-refractivity contribution in [3.05, 3.63) is 23.9 Å². The van der Waals surface area contributed by atoms with E-state index in [1.165, 1.54) is 25.7 Å². The van der Waals surface area contributed by atoms with Crippen molar-refractivity contribution in [3.63, 3.8) is 0 Å². The lowest BCUT2D eigenvalue weighted by atomic mass is 9.87. The van der Waals surface area contributed by atoms with E-state index in [0.717, 1.165) is 49.2 Å². The molecule has 1 aromatic rings. The monoisotopic (exact) mass is 528 g/mol. The van der Waals surface area contributed by atoms with Gasteiger partial charge in [-0.1, -0.05) is 13.0 Å². The van der Waals surface area contributed by atoms with Gasteiger partial charge in [0.05, 0.1) is 12.5 Å². The summed E-state index contributed by atoms with van der Waals surface area (Å²) >= 11 is 0. The summed E-state index contributed by atoms with van der Waals surface area (Å²) in [4.78, 5) is 23.3. The molecule has 2 fully saturated rings. The van der Waals surface area contributed by atoms with Gasteiger partial charge in [-0.25, -0.2) is 9.98 Å². The topological polar surface area (TPSA) is 95.6 Å². The first kappa shape index (κ1) is 24.7. The Hall–Kier alpha value is -1.58. The Balaban J connectivity index is 0.00000320. The van der Waals surface area contributed by atoms with Gasteiger partial charge in [-0.05, 0) is 57.4 Å². The van der Waals surface area contributed by atoms with Crippen molar-refractivity contribution in [1.29, 1.82) is 0 Å². The van der Waals surface area contributed by atoms with E-state index in [1.54, 1.807) is 0 Å². The zero-order chi connectivity index (χ0) is 20.6. The summed E-state index contributed by atoms with van der Waals surface area (Å²) < 4.78 is 0. The fourth-order valence-electron chi connectivity index (χ4n) is 4.32. The minimum absolute atomic E-state index is 0. The number of carbonyl (C=O) groups is 1. The summed E-state index contributed by atoms with van der Waals surface area (Å²) in [7, 11) is 0. The second-order valence-corrected chi connectivity index (χ2v) is 8.47. The number of aliphatic imine (C=N–C) groups is 1. The third-order valence-electron chi connectivity index (χ3n) is 6.10. The Labute approximate surface area is 197 Å². The first-order chi connectivity index (χ1) is 14.1. The third-order valence-corrected chi connectivity index (χ3v) is 6.10. The minimum Gasteiger partial charge on any atom is -0.369 e. The molecule has 7 nitrogen and oxygen atoms in total. The average molecular weight is 528 g/mol. The van der Waals surface area contributed by atoms with Gasteiger partial charge in [0.1, 0.15) is 5.82 Å². The van der Waals surface area contributed by atoms with E-state index in [0.29, 0.717) is 19.1 Å². The number of piperidine rings is 1. The van der Waals surface area contributed by atoms with E-state index in [2.05, 4.69) is 40.4 Å². The Kier molecular flexibility index (Phi) is 10.1. The lowest BCUT2D eigenvalue weighted by molar-refractivity contribution is -0.122. The van der Waals surface area contributed by atoms with Gasteiger partial charge in [0.15, 0.2) is 5.96 Å². The molecule has 168 valence electrons. The maximum Gasteiger partial charge on any atom is 0.222 e. The first-order valence-corrected chi connectivity index (χ1v) is 11.1. The number of rotatable bonds is 6. The summed E-state index contributed by atoms with van der Waals surface area (Å²) in [6.07, 6.45) is 8.58. The summed E-state index contributed by atoms with van der Waals surface area (Å²) in [5.74, 6) is 2.31. The zero-order valence-electron chi connectivity index (χ0n) is 18.3. The maximum absolute atomic E-state index is 11.6. The summed E-state index contributed by atoms with van der Waals surface area (Å²) in [5, 5.41) is 6.99. The number of carbonyl (C=O) groups excluding carboxylic acids is 1. The van der Waals surface area contributed by atoms with Crippen molar-refractivity contribution < 1.29 is 4.79 Å². The van der Waals surface area contributed by atoms with Crippen LogP contribution in [-0.4, -0.2) is 42.5 Å². The quantitative estimate of drug-likeness (QED) is 0.300. The van der Waals surface area contributed by atoms with Crippen molar-refractivity contribution in [3.8, 4) is 0 Å². The molecule has 4 N–H and O–H groups in total. The molecule has 3 rings (SSSR count). The van der Waals surface area contributed by atoms with E-state index in [9.17, 15) is 4.79 Å². The van der Waals surface area contributed by atoms with Gasteiger partial charge in [0.25, 0.3) is 0 Å². The number of hydrogen-bond donors (Lipinski definition) is 3. The van der Waals surface area contributed by atoms with Crippen LogP contribution in [0.15, 0.2) is 23.3 Å². The fraction of sp³-hybridized carbons (Fsp3) is 0.682. The van der Waals surface area contributed by atoms with Crippen molar-refractivity contribution in [2.24, 2.45) is 22.6 Å². The number of primary amides is 1. The smallest absolute Gasteiger partial charge is 0.222 e. The number of anilines is 1. The van der Waals surface area contributed by atoms with E-state index >= 15 is 0 Å². The largest absolute Gasteiger partial charge is 0.369 e. The molecular formula is C22H37IN6O. The molecule has 8 heteroatoms. The fourth-order valence-corrected chi connectivity index (χ4v) is 4.32. The molecule has 1 aliphatic carbocycles. The summed E-state index contributed by atoms with van der Waals surface area (Å²) in [6, 6.07) is 4.52. The molecular weight excluding hydrogens is 491 g/mol. The summed E-state index contributed by atoms with van der Waals surface area (Å²) in [5.41, 5.74) is 6.63. The molecule has 1 aliphatic heterocycles. The number of pyridine rings is 1. The SMILES string of the molecule is CCNC(=NCc1cccnc1N1CCCC(C(N)=O)C1)NC1CCC(C)CC1.I. The molecule has 1 saturated heterocycles. The highest BCUT2D eigenvalue weighted by molar-refractivity contribution is 14.0. The number of nitrogens with two attached hydrogens (primary N) is 1. The molecule has 0 radical (unpaired) electrons.